The number of esters is 2. The third-order valence-corrected chi connectivity index (χ3v) is 5.34. The number of ether oxygens (including phenoxy) is 2. The average Bonchev–Trinajstić information content (AvgIpc) is 2.69. The molecular weight excluding hydrogens is 481 g/mol. The molecule has 32 heavy (non-hydrogen) atoms. The summed E-state index contributed by atoms with van der Waals surface area (Å²) < 4.78 is 168. The molecule has 2 fully saturated rings. The number of aliphatic hydroxyl groups is 1. The van der Waals surface area contributed by atoms with E-state index in [1.807, 2.05) is 0 Å². The van der Waals surface area contributed by atoms with Gasteiger partial charge in [-0.2, -0.15) is 39.5 Å². The Morgan fingerprint density at radius 3 is 1.62 bits per heavy atom. The lowest BCUT2D eigenvalue weighted by molar-refractivity contribution is -0.545. The van der Waals surface area contributed by atoms with Gasteiger partial charge >= 0.3 is 41.5 Å². The quantitative estimate of drug-likeness (QED) is 0.363. The number of hydrogen-bond acceptors (Lipinski definition) is 5. The Morgan fingerprint density at radius 1 is 0.781 bits per heavy atom. The minimum atomic E-state index is -7.26. The monoisotopic (exact) mass is 492 g/mol. The molecule has 0 spiro atoms. The van der Waals surface area contributed by atoms with E-state index in [4.69, 9.17) is 0 Å². The molecule has 1 N–H and O–H groups in total. The van der Waals surface area contributed by atoms with Crippen LogP contribution in [-0.2, 0) is 19.1 Å². The number of rotatable bonds is 5. The third-order valence-electron chi connectivity index (χ3n) is 5.34. The van der Waals surface area contributed by atoms with Crippen molar-refractivity contribution in [1.29, 1.82) is 0 Å². The van der Waals surface area contributed by atoms with E-state index in [-0.39, 0.29) is 12.2 Å². The minimum absolute atomic E-state index is 0.218. The smallest absolute Gasteiger partial charge is 0.385 e. The lowest BCUT2D eigenvalue weighted by Gasteiger charge is -2.66. The summed E-state index contributed by atoms with van der Waals surface area (Å²) in [5, 5.41) is 9.79. The van der Waals surface area contributed by atoms with Crippen LogP contribution < -0.4 is 0 Å². The van der Waals surface area contributed by atoms with Crippen LogP contribution in [0.5, 0.6) is 0 Å². The average molecular weight is 492 g/mol. The molecule has 2 bridgehead atoms. The maximum absolute atomic E-state index is 15.1. The molecule has 182 valence electrons. The second-order valence-corrected chi connectivity index (χ2v) is 6.96. The lowest BCUT2D eigenvalue weighted by Crippen LogP contribution is -2.97. The second-order valence-electron chi connectivity index (χ2n) is 6.96. The van der Waals surface area contributed by atoms with E-state index < -0.39 is 71.4 Å². The zero-order valence-corrected chi connectivity index (χ0v) is 15.2. The molecule has 2 aliphatic carbocycles. The van der Waals surface area contributed by atoms with Crippen molar-refractivity contribution in [2.24, 2.45) is 0 Å². The van der Waals surface area contributed by atoms with E-state index in [9.17, 15) is 49.8 Å². The largest absolute Gasteiger partial charge is 0.442 e. The van der Waals surface area contributed by atoms with E-state index in [1.54, 1.807) is 0 Å². The fourth-order valence-electron chi connectivity index (χ4n) is 3.64. The Labute approximate surface area is 170 Å². The molecule has 0 heterocycles. The summed E-state index contributed by atoms with van der Waals surface area (Å²) in [6.45, 7) is 1.83. The van der Waals surface area contributed by atoms with E-state index in [1.165, 1.54) is 0 Å². The van der Waals surface area contributed by atoms with E-state index in [0.29, 0.717) is 0 Å². The maximum atomic E-state index is 15.1. The molecule has 0 aromatic carbocycles. The van der Waals surface area contributed by atoms with Gasteiger partial charge in [0.15, 0.2) is 0 Å². The SMILES string of the molecule is C=CC(=O)OC1(F)C(F)(F)C2(OC(=O)C=C)CC(F)(CF)C(F)(F)C(O)(C1(F)F)C2(F)F. The van der Waals surface area contributed by atoms with Gasteiger partial charge in [0.05, 0.1) is 0 Å². The molecular formula is C16H11F11O5. The molecule has 4 unspecified atom stereocenters. The van der Waals surface area contributed by atoms with Crippen LogP contribution >= 0.6 is 0 Å². The van der Waals surface area contributed by atoms with Gasteiger partial charge in [-0.05, 0) is 0 Å². The topological polar surface area (TPSA) is 72.8 Å². The molecule has 16 heteroatoms. The molecule has 0 aromatic rings. The van der Waals surface area contributed by atoms with Gasteiger partial charge in [-0.3, -0.25) is 0 Å². The molecule has 0 saturated heterocycles. The number of carbonyl (C=O) groups excluding carboxylic acids is 2. The van der Waals surface area contributed by atoms with Crippen LogP contribution in [0.4, 0.5) is 48.3 Å². The van der Waals surface area contributed by atoms with Gasteiger partial charge in [-0.25, -0.2) is 18.4 Å². The fourth-order valence-corrected chi connectivity index (χ4v) is 3.64. The summed E-state index contributed by atoms with van der Waals surface area (Å²) >= 11 is 0. The van der Waals surface area contributed by atoms with Crippen molar-refractivity contribution in [1.82, 2.24) is 0 Å². The molecule has 0 radical (unpaired) electrons. The van der Waals surface area contributed by atoms with Crippen molar-refractivity contribution in [2.45, 2.75) is 52.8 Å². The van der Waals surface area contributed by atoms with Gasteiger partial charge in [0.1, 0.15) is 6.67 Å². The summed E-state index contributed by atoms with van der Waals surface area (Å²) in [6, 6.07) is 0. The molecule has 5 nitrogen and oxygen atoms in total. The minimum Gasteiger partial charge on any atom is -0.442 e. The van der Waals surface area contributed by atoms with E-state index >= 15 is 13.2 Å². The highest BCUT2D eigenvalue weighted by Gasteiger charge is 3.08. The van der Waals surface area contributed by atoms with Crippen LogP contribution in [0.15, 0.2) is 25.3 Å². The van der Waals surface area contributed by atoms with Crippen LogP contribution in [-0.4, -0.2) is 70.1 Å². The molecule has 0 amide bonds. The van der Waals surface area contributed by atoms with Gasteiger partial charge in [0, 0.05) is 18.6 Å². The summed E-state index contributed by atoms with van der Waals surface area (Å²) in [7, 11) is 0. The zero-order valence-electron chi connectivity index (χ0n) is 15.2. The number of carbonyl (C=O) groups is 2. The Morgan fingerprint density at radius 2 is 1.22 bits per heavy atom. The molecule has 2 saturated carbocycles. The Kier molecular flexibility index (Phi) is 5.31. The van der Waals surface area contributed by atoms with Crippen LogP contribution in [0, 0.1) is 0 Å². The number of alkyl halides is 11. The van der Waals surface area contributed by atoms with Crippen molar-refractivity contribution >= 4 is 11.9 Å². The van der Waals surface area contributed by atoms with E-state index in [0.717, 1.165) is 0 Å². The summed E-state index contributed by atoms with van der Waals surface area (Å²) in [5.41, 5.74) is -18.1. The van der Waals surface area contributed by atoms with Crippen molar-refractivity contribution < 1.29 is 72.5 Å². The highest BCUT2D eigenvalue weighted by Crippen LogP contribution is 2.76. The summed E-state index contributed by atoms with van der Waals surface area (Å²) in [4.78, 5) is 22.7. The highest BCUT2D eigenvalue weighted by molar-refractivity contribution is 5.83. The van der Waals surface area contributed by atoms with Gasteiger partial charge in [-0.15, -0.1) is 0 Å². The first-order valence-corrected chi connectivity index (χ1v) is 8.06. The molecule has 0 aromatic heterocycles. The predicted octanol–water partition coefficient (Wildman–Crippen LogP) is 3.22. The number of halogens is 11. The van der Waals surface area contributed by atoms with Crippen molar-refractivity contribution in [2.75, 3.05) is 6.67 Å². The molecule has 2 aliphatic rings. The summed E-state index contributed by atoms with van der Waals surface area (Å²) in [6.07, 6.45) is -3.86. The maximum Gasteiger partial charge on any atom is 0.385 e. The number of hydrogen-bond donors (Lipinski definition) is 1. The molecule has 2 rings (SSSR count). The first-order chi connectivity index (χ1) is 14.2. The Bertz CT molecular complexity index is 866. The van der Waals surface area contributed by atoms with Gasteiger partial charge in [0.2, 0.25) is 5.67 Å². The highest BCUT2D eigenvalue weighted by atomic mass is 19.3. The van der Waals surface area contributed by atoms with Crippen LogP contribution in [0.25, 0.3) is 0 Å². The molecule has 4 atom stereocenters. The lowest BCUT2D eigenvalue weighted by atomic mass is 9.52. The van der Waals surface area contributed by atoms with Gasteiger partial charge in [-0.1, -0.05) is 13.2 Å². The second kappa shape index (κ2) is 6.57. The Balaban J connectivity index is 3.14. The fraction of sp³-hybridized carbons (Fsp3) is 0.625. The Hall–Kier alpha value is -2.39. The number of fused-ring (bicyclic) bond motifs is 2. The first kappa shape index (κ1) is 25.9. The zero-order chi connectivity index (χ0) is 25.4. The van der Waals surface area contributed by atoms with Crippen molar-refractivity contribution in [3.8, 4) is 0 Å². The van der Waals surface area contributed by atoms with Gasteiger partial charge in [0.25, 0.3) is 11.2 Å². The van der Waals surface area contributed by atoms with E-state index in [2.05, 4.69) is 22.6 Å². The van der Waals surface area contributed by atoms with Crippen LogP contribution in [0.2, 0.25) is 0 Å². The summed E-state index contributed by atoms with van der Waals surface area (Å²) in [5.74, 6) is -39.2. The van der Waals surface area contributed by atoms with Crippen molar-refractivity contribution in [3.05, 3.63) is 25.3 Å². The van der Waals surface area contributed by atoms with Gasteiger partial charge < -0.3 is 14.6 Å². The predicted molar refractivity (Wildman–Crippen MR) is 78.3 cm³/mol. The first-order valence-electron chi connectivity index (χ1n) is 8.06. The third kappa shape index (κ3) is 2.28. The van der Waals surface area contributed by atoms with Crippen LogP contribution in [0.3, 0.4) is 0 Å². The van der Waals surface area contributed by atoms with Crippen LogP contribution in [0.1, 0.15) is 6.42 Å². The standard InChI is InChI=1S/C16H11F11O5/c1-3-7(28)31-10-5-9(18,6-17)12(19,20)11(30,13(10,21)22)15(25,26)16(27,14(10,23)24)32-8(29)4-2/h3-4,30H,1-2,5-6H2. The molecule has 0 aliphatic heterocycles. The van der Waals surface area contributed by atoms with Crippen molar-refractivity contribution in [3.63, 3.8) is 0 Å². The normalized spacial score (nSPS) is 40.6.